The van der Waals surface area contributed by atoms with Crippen LogP contribution in [0.5, 0.6) is 0 Å². The molecule has 0 aliphatic heterocycles. The van der Waals surface area contributed by atoms with Crippen LogP contribution in [0.1, 0.15) is 32.3 Å². The van der Waals surface area contributed by atoms with Crippen LogP contribution in [0.2, 0.25) is 0 Å². The highest BCUT2D eigenvalue weighted by Crippen LogP contribution is 2.37. The van der Waals surface area contributed by atoms with Gasteiger partial charge in [-0.15, -0.1) is 0 Å². The zero-order valence-corrected chi connectivity index (χ0v) is 15.9. The van der Waals surface area contributed by atoms with E-state index in [4.69, 9.17) is 4.99 Å². The Morgan fingerprint density at radius 2 is 1.68 bits per heavy atom. The van der Waals surface area contributed by atoms with E-state index in [0.29, 0.717) is 29.7 Å². The van der Waals surface area contributed by atoms with Crippen LogP contribution in [-0.4, -0.2) is 16.6 Å². The molecule has 0 aromatic heterocycles. The van der Waals surface area contributed by atoms with Gasteiger partial charge in [-0.25, -0.2) is 0 Å². The predicted molar refractivity (Wildman–Crippen MR) is 105 cm³/mol. The molecule has 3 rings (SSSR count). The molecule has 25 heavy (non-hydrogen) atoms. The van der Waals surface area contributed by atoms with Crippen molar-refractivity contribution in [3.8, 4) is 0 Å². The van der Waals surface area contributed by atoms with E-state index in [1.807, 2.05) is 42.5 Å². The van der Waals surface area contributed by atoms with Gasteiger partial charge in [0.2, 0.25) is 0 Å². The van der Waals surface area contributed by atoms with Crippen molar-refractivity contribution < 1.29 is 9.90 Å². The molecule has 0 amide bonds. The minimum absolute atomic E-state index is 0.0111. The second kappa shape index (κ2) is 6.96. The summed E-state index contributed by atoms with van der Waals surface area (Å²) >= 11 is 3.41. The summed E-state index contributed by atoms with van der Waals surface area (Å²) in [5.41, 5.74) is 2.21. The fourth-order valence-corrected chi connectivity index (χ4v) is 3.33. The molecule has 0 heterocycles. The molecule has 128 valence electrons. The lowest BCUT2D eigenvalue weighted by molar-refractivity contribution is -0.117. The van der Waals surface area contributed by atoms with Gasteiger partial charge in [0.1, 0.15) is 5.76 Å². The fourth-order valence-electron chi connectivity index (χ4n) is 3.06. The van der Waals surface area contributed by atoms with Crippen LogP contribution in [-0.2, 0) is 4.79 Å². The summed E-state index contributed by atoms with van der Waals surface area (Å²) < 4.78 is 0.972. The molecule has 1 fully saturated rings. The van der Waals surface area contributed by atoms with E-state index >= 15 is 0 Å². The van der Waals surface area contributed by atoms with E-state index in [1.54, 1.807) is 12.1 Å². The third kappa shape index (κ3) is 4.07. The number of hydrogen-bond donors (Lipinski definition) is 1. The number of halogens is 1. The largest absolute Gasteiger partial charge is 0.506 e. The normalized spacial score (nSPS) is 20.6. The van der Waals surface area contributed by atoms with Gasteiger partial charge in [-0.3, -0.25) is 9.79 Å². The van der Waals surface area contributed by atoms with Gasteiger partial charge in [0.05, 0.1) is 17.0 Å². The molecule has 0 unspecified atom stereocenters. The maximum absolute atomic E-state index is 12.8. The molecule has 1 aliphatic carbocycles. The highest BCUT2D eigenvalue weighted by Gasteiger charge is 2.36. The van der Waals surface area contributed by atoms with E-state index < -0.39 is 0 Å². The van der Waals surface area contributed by atoms with Gasteiger partial charge in [-0.1, -0.05) is 60.1 Å². The number of carbonyl (C=O) groups is 1. The summed E-state index contributed by atoms with van der Waals surface area (Å²) in [7, 11) is 0. The summed E-state index contributed by atoms with van der Waals surface area (Å²) in [5, 5.41) is 10.7. The molecule has 0 bridgehead atoms. The van der Waals surface area contributed by atoms with E-state index in [1.165, 1.54) is 0 Å². The van der Waals surface area contributed by atoms with Crippen molar-refractivity contribution in [3.05, 3.63) is 70.2 Å². The van der Waals surface area contributed by atoms with E-state index in [9.17, 15) is 9.90 Å². The average molecular weight is 398 g/mol. The second-order valence-corrected chi connectivity index (χ2v) is 7.98. The lowest BCUT2D eigenvalue weighted by Crippen LogP contribution is -2.32. The Kier molecular flexibility index (Phi) is 4.91. The number of nitrogens with zero attached hydrogens (tertiary/aromatic N) is 1. The first-order chi connectivity index (χ1) is 11.9. The van der Waals surface area contributed by atoms with Crippen molar-refractivity contribution in [1.29, 1.82) is 0 Å². The summed E-state index contributed by atoms with van der Waals surface area (Å²) in [6, 6.07) is 16.8. The summed E-state index contributed by atoms with van der Waals surface area (Å²) in [6.07, 6.45) is 1.04. The van der Waals surface area contributed by atoms with Crippen LogP contribution in [0.25, 0.3) is 5.76 Å². The Balaban J connectivity index is 2.13. The van der Waals surface area contributed by atoms with E-state index in [-0.39, 0.29) is 17.0 Å². The quantitative estimate of drug-likeness (QED) is 0.507. The topological polar surface area (TPSA) is 49.7 Å². The Labute approximate surface area is 156 Å². The molecule has 0 spiro atoms. The van der Waals surface area contributed by atoms with Crippen molar-refractivity contribution in [2.24, 2.45) is 10.4 Å². The fraction of sp³-hybridized carbons (Fsp3) is 0.238. The first-order valence-corrected chi connectivity index (χ1v) is 9.00. The number of Topliss-reactive ketones (excluding diaryl/α,β-unsaturated/α-hetero) is 1. The van der Waals surface area contributed by atoms with Crippen molar-refractivity contribution in [3.63, 3.8) is 0 Å². The molecule has 0 saturated heterocycles. The molecule has 0 atom stereocenters. The third-order valence-electron chi connectivity index (χ3n) is 4.23. The smallest absolute Gasteiger partial charge is 0.169 e. The van der Waals surface area contributed by atoms with Crippen LogP contribution in [0.3, 0.4) is 0 Å². The zero-order valence-electron chi connectivity index (χ0n) is 14.3. The van der Waals surface area contributed by atoms with Crippen LogP contribution in [0.4, 0.5) is 5.69 Å². The molecule has 3 nitrogen and oxygen atoms in total. The van der Waals surface area contributed by atoms with Gasteiger partial charge < -0.3 is 5.11 Å². The average Bonchev–Trinajstić information content (AvgIpc) is 2.56. The standard InChI is InChI=1S/C21H20BrNO2/c1-21(2)12-17(23-16-10-8-15(22)9-11-16)19(18(24)13-21)20(25)14-6-4-3-5-7-14/h3-11,25H,12-13H2,1-2H3/b20-19+,23-17?. The first-order valence-electron chi connectivity index (χ1n) is 8.21. The van der Waals surface area contributed by atoms with Crippen LogP contribution < -0.4 is 0 Å². The monoisotopic (exact) mass is 397 g/mol. The van der Waals surface area contributed by atoms with Gasteiger partial charge in [0, 0.05) is 16.5 Å². The molecule has 4 heteroatoms. The van der Waals surface area contributed by atoms with Crippen LogP contribution >= 0.6 is 15.9 Å². The second-order valence-electron chi connectivity index (χ2n) is 7.07. The summed E-state index contributed by atoms with van der Waals surface area (Å²) in [6.45, 7) is 4.11. The van der Waals surface area contributed by atoms with Crippen molar-refractivity contribution in [2.75, 3.05) is 0 Å². The van der Waals surface area contributed by atoms with Gasteiger partial charge in [-0.05, 0) is 36.1 Å². The van der Waals surface area contributed by atoms with Gasteiger partial charge in [-0.2, -0.15) is 0 Å². The molecule has 1 aliphatic rings. The molecule has 1 N–H and O–H groups in total. The number of allylic oxidation sites excluding steroid dienone is 1. The lowest BCUT2D eigenvalue weighted by atomic mass is 9.73. The molecular formula is C21H20BrNO2. The zero-order chi connectivity index (χ0) is 18.0. The molecule has 0 radical (unpaired) electrons. The Morgan fingerprint density at radius 1 is 1.04 bits per heavy atom. The van der Waals surface area contributed by atoms with Crippen LogP contribution in [0, 0.1) is 5.41 Å². The molecular weight excluding hydrogens is 378 g/mol. The van der Waals surface area contributed by atoms with E-state index in [0.717, 1.165) is 10.2 Å². The van der Waals surface area contributed by atoms with Crippen LogP contribution in [0.15, 0.2) is 69.6 Å². The number of aliphatic hydroxyl groups is 1. The Hall–Kier alpha value is -2.20. The third-order valence-corrected chi connectivity index (χ3v) is 4.76. The minimum atomic E-state index is -0.175. The number of hydrogen-bond acceptors (Lipinski definition) is 3. The Morgan fingerprint density at radius 3 is 2.32 bits per heavy atom. The maximum Gasteiger partial charge on any atom is 0.169 e. The number of benzene rings is 2. The van der Waals surface area contributed by atoms with Gasteiger partial charge >= 0.3 is 0 Å². The number of carbonyl (C=O) groups excluding carboxylic acids is 1. The Bertz CT molecular complexity index is 849. The highest BCUT2D eigenvalue weighted by molar-refractivity contribution is 9.10. The molecule has 1 saturated carbocycles. The number of ketones is 1. The highest BCUT2D eigenvalue weighted by atomic mass is 79.9. The maximum atomic E-state index is 12.8. The number of aliphatic imine (C=N–C) groups is 1. The predicted octanol–water partition coefficient (Wildman–Crippen LogP) is 5.88. The summed E-state index contributed by atoms with van der Waals surface area (Å²) in [4.78, 5) is 17.5. The minimum Gasteiger partial charge on any atom is -0.506 e. The summed E-state index contributed by atoms with van der Waals surface area (Å²) in [5.74, 6) is -0.0505. The SMILES string of the molecule is CC1(C)CC(=O)/C(=C(/O)c2ccccc2)C(=Nc2ccc(Br)cc2)C1. The van der Waals surface area contributed by atoms with E-state index in [2.05, 4.69) is 29.8 Å². The first kappa shape index (κ1) is 17.6. The van der Waals surface area contributed by atoms with Gasteiger partial charge in [0.25, 0.3) is 0 Å². The lowest BCUT2D eigenvalue weighted by Gasteiger charge is -2.31. The number of rotatable bonds is 2. The van der Waals surface area contributed by atoms with Crippen molar-refractivity contribution in [2.45, 2.75) is 26.7 Å². The molecule has 2 aromatic rings. The van der Waals surface area contributed by atoms with Crippen molar-refractivity contribution in [1.82, 2.24) is 0 Å². The number of aliphatic hydroxyl groups excluding tert-OH is 1. The van der Waals surface area contributed by atoms with Crippen molar-refractivity contribution >= 4 is 38.9 Å². The molecule has 2 aromatic carbocycles. The van der Waals surface area contributed by atoms with Gasteiger partial charge in [0.15, 0.2) is 5.78 Å².